The molecule has 23 heavy (non-hydrogen) atoms. The van der Waals surface area contributed by atoms with Gasteiger partial charge < -0.3 is 20.1 Å². The maximum absolute atomic E-state index is 11.5. The minimum Gasteiger partial charge on any atom is -0.493 e. The van der Waals surface area contributed by atoms with Crippen LogP contribution in [0.3, 0.4) is 0 Å². The predicted molar refractivity (Wildman–Crippen MR) is 83.9 cm³/mol. The molecule has 0 radical (unpaired) electrons. The van der Waals surface area contributed by atoms with Gasteiger partial charge in [-0.1, -0.05) is 18.2 Å². The van der Waals surface area contributed by atoms with Gasteiger partial charge >= 0.3 is 5.97 Å². The number of esters is 1. The summed E-state index contributed by atoms with van der Waals surface area (Å²) < 4.78 is 10.3. The molecule has 0 saturated heterocycles. The number of rotatable bonds is 9. The van der Waals surface area contributed by atoms with Crippen LogP contribution in [0.1, 0.15) is 18.9 Å². The van der Waals surface area contributed by atoms with E-state index in [1.54, 1.807) is 6.92 Å². The van der Waals surface area contributed by atoms with Crippen LogP contribution in [-0.2, 0) is 19.1 Å². The second-order valence-electron chi connectivity index (χ2n) is 4.75. The van der Waals surface area contributed by atoms with E-state index in [9.17, 15) is 14.4 Å². The number of hydrogen-bond acceptors (Lipinski definition) is 5. The van der Waals surface area contributed by atoms with Crippen molar-refractivity contribution < 1.29 is 23.9 Å². The molecule has 0 atom stereocenters. The number of carbonyl (C=O) groups is 3. The quantitative estimate of drug-likeness (QED) is 0.648. The SMILES string of the molecule is CCNC(=O)CNC(=O)COC(=O)CCOc1ccccc1C. The van der Waals surface area contributed by atoms with Gasteiger partial charge in [0.05, 0.1) is 19.6 Å². The fourth-order valence-corrected chi connectivity index (χ4v) is 1.67. The molecule has 0 unspecified atom stereocenters. The number of ether oxygens (including phenoxy) is 2. The summed E-state index contributed by atoms with van der Waals surface area (Å²) in [5.74, 6) is -0.644. The van der Waals surface area contributed by atoms with Crippen LogP contribution in [0, 0.1) is 6.92 Å². The lowest BCUT2D eigenvalue weighted by Gasteiger charge is -2.09. The van der Waals surface area contributed by atoms with E-state index < -0.39 is 18.5 Å². The molecule has 0 aromatic heterocycles. The largest absolute Gasteiger partial charge is 0.493 e. The third-order valence-electron chi connectivity index (χ3n) is 2.84. The molecule has 0 heterocycles. The van der Waals surface area contributed by atoms with Gasteiger partial charge in [0, 0.05) is 6.54 Å². The molecular formula is C16H22N2O5. The third kappa shape index (κ3) is 7.85. The van der Waals surface area contributed by atoms with Gasteiger partial charge in [-0.3, -0.25) is 14.4 Å². The van der Waals surface area contributed by atoms with Gasteiger partial charge in [-0.25, -0.2) is 0 Å². The Labute approximate surface area is 135 Å². The lowest BCUT2D eigenvalue weighted by Crippen LogP contribution is -2.38. The fraction of sp³-hybridized carbons (Fsp3) is 0.438. The molecule has 0 saturated carbocycles. The number of amides is 2. The molecular weight excluding hydrogens is 300 g/mol. The Bertz CT molecular complexity index is 545. The summed E-state index contributed by atoms with van der Waals surface area (Å²) in [5, 5.41) is 4.89. The standard InChI is InChI=1S/C16H22N2O5/c1-3-17-14(19)10-18-15(20)11-23-16(21)8-9-22-13-7-5-4-6-12(13)2/h4-7H,3,8-11H2,1-2H3,(H,17,19)(H,18,20). The van der Waals surface area contributed by atoms with Gasteiger partial charge in [-0.05, 0) is 25.5 Å². The number of carbonyl (C=O) groups excluding carboxylic acids is 3. The Morgan fingerprint density at radius 3 is 2.52 bits per heavy atom. The van der Waals surface area contributed by atoms with Gasteiger partial charge in [0.25, 0.3) is 5.91 Å². The van der Waals surface area contributed by atoms with Crippen LogP contribution in [0.5, 0.6) is 5.75 Å². The second-order valence-corrected chi connectivity index (χ2v) is 4.75. The number of nitrogens with one attached hydrogen (secondary N) is 2. The Hall–Kier alpha value is -2.57. The molecule has 0 fully saturated rings. The first-order valence-electron chi connectivity index (χ1n) is 7.40. The summed E-state index contributed by atoms with van der Waals surface area (Å²) in [7, 11) is 0. The van der Waals surface area contributed by atoms with Crippen molar-refractivity contribution in [2.75, 3.05) is 26.3 Å². The first-order chi connectivity index (χ1) is 11.0. The topological polar surface area (TPSA) is 93.7 Å². The molecule has 0 aliphatic rings. The van der Waals surface area contributed by atoms with Crippen LogP contribution in [0.2, 0.25) is 0 Å². The van der Waals surface area contributed by atoms with E-state index in [-0.39, 0.29) is 25.5 Å². The summed E-state index contributed by atoms with van der Waals surface area (Å²) in [4.78, 5) is 34.0. The van der Waals surface area contributed by atoms with Crippen molar-refractivity contribution in [1.29, 1.82) is 0 Å². The van der Waals surface area contributed by atoms with Crippen molar-refractivity contribution in [1.82, 2.24) is 10.6 Å². The molecule has 1 aromatic rings. The zero-order chi connectivity index (χ0) is 17.1. The molecule has 126 valence electrons. The molecule has 0 bridgehead atoms. The Balaban J connectivity index is 2.15. The van der Waals surface area contributed by atoms with E-state index in [0.29, 0.717) is 12.3 Å². The fourth-order valence-electron chi connectivity index (χ4n) is 1.67. The number of para-hydroxylation sites is 1. The molecule has 7 heteroatoms. The van der Waals surface area contributed by atoms with E-state index in [1.807, 2.05) is 31.2 Å². The number of aryl methyl sites for hydroxylation is 1. The Morgan fingerprint density at radius 2 is 1.83 bits per heavy atom. The van der Waals surface area contributed by atoms with E-state index in [1.165, 1.54) is 0 Å². The first-order valence-corrected chi connectivity index (χ1v) is 7.40. The van der Waals surface area contributed by atoms with Gasteiger partial charge in [-0.15, -0.1) is 0 Å². The van der Waals surface area contributed by atoms with E-state index >= 15 is 0 Å². The number of benzene rings is 1. The van der Waals surface area contributed by atoms with Crippen molar-refractivity contribution in [3.8, 4) is 5.75 Å². The van der Waals surface area contributed by atoms with Crippen LogP contribution in [-0.4, -0.2) is 44.1 Å². The monoisotopic (exact) mass is 322 g/mol. The highest BCUT2D eigenvalue weighted by Crippen LogP contribution is 2.16. The highest BCUT2D eigenvalue weighted by molar-refractivity contribution is 5.86. The lowest BCUT2D eigenvalue weighted by molar-refractivity contribution is -0.149. The minimum absolute atomic E-state index is 0.0396. The lowest BCUT2D eigenvalue weighted by atomic mass is 10.2. The average molecular weight is 322 g/mol. The van der Waals surface area contributed by atoms with Gasteiger partial charge in [-0.2, -0.15) is 0 Å². The molecule has 1 aromatic carbocycles. The van der Waals surface area contributed by atoms with Crippen molar-refractivity contribution in [3.63, 3.8) is 0 Å². The summed E-state index contributed by atoms with van der Waals surface area (Å²) in [6, 6.07) is 7.47. The summed E-state index contributed by atoms with van der Waals surface area (Å²) in [5.41, 5.74) is 0.977. The zero-order valence-corrected chi connectivity index (χ0v) is 13.4. The summed E-state index contributed by atoms with van der Waals surface area (Å²) >= 11 is 0. The maximum Gasteiger partial charge on any atom is 0.309 e. The Kier molecular flexibility index (Phi) is 8.20. The molecule has 2 N–H and O–H groups in total. The van der Waals surface area contributed by atoms with Crippen molar-refractivity contribution in [2.24, 2.45) is 0 Å². The summed E-state index contributed by atoms with van der Waals surface area (Å²) in [6.07, 6.45) is 0.0396. The van der Waals surface area contributed by atoms with Crippen molar-refractivity contribution in [3.05, 3.63) is 29.8 Å². The maximum atomic E-state index is 11.5. The van der Waals surface area contributed by atoms with Crippen LogP contribution < -0.4 is 15.4 Å². The van der Waals surface area contributed by atoms with Crippen LogP contribution in [0.15, 0.2) is 24.3 Å². The van der Waals surface area contributed by atoms with Gasteiger partial charge in [0.15, 0.2) is 6.61 Å². The van der Waals surface area contributed by atoms with Crippen LogP contribution >= 0.6 is 0 Å². The minimum atomic E-state index is -0.535. The number of hydrogen-bond donors (Lipinski definition) is 2. The molecule has 0 aliphatic carbocycles. The van der Waals surface area contributed by atoms with Crippen molar-refractivity contribution >= 4 is 17.8 Å². The molecule has 0 aliphatic heterocycles. The summed E-state index contributed by atoms with van der Waals surface area (Å²) in [6.45, 7) is 3.80. The number of likely N-dealkylation sites (N-methyl/N-ethyl adjacent to an activating group) is 1. The molecule has 2 amide bonds. The van der Waals surface area contributed by atoms with Gasteiger partial charge in [0.1, 0.15) is 5.75 Å². The highest BCUT2D eigenvalue weighted by Gasteiger charge is 2.09. The molecule has 0 spiro atoms. The average Bonchev–Trinajstić information content (AvgIpc) is 2.53. The zero-order valence-electron chi connectivity index (χ0n) is 13.4. The van der Waals surface area contributed by atoms with Gasteiger partial charge in [0.2, 0.25) is 5.91 Å². The molecule has 7 nitrogen and oxygen atoms in total. The highest BCUT2D eigenvalue weighted by atomic mass is 16.5. The predicted octanol–water partition coefficient (Wildman–Crippen LogP) is 0.559. The van der Waals surface area contributed by atoms with Crippen LogP contribution in [0.4, 0.5) is 0 Å². The second kappa shape index (κ2) is 10.2. The smallest absolute Gasteiger partial charge is 0.309 e. The first kappa shape index (κ1) is 18.5. The van der Waals surface area contributed by atoms with E-state index in [4.69, 9.17) is 9.47 Å². The van der Waals surface area contributed by atoms with E-state index in [2.05, 4.69) is 10.6 Å². The van der Waals surface area contributed by atoms with Crippen LogP contribution in [0.25, 0.3) is 0 Å². The molecule has 1 rings (SSSR count). The third-order valence-corrected chi connectivity index (χ3v) is 2.84. The van der Waals surface area contributed by atoms with E-state index in [0.717, 1.165) is 5.56 Å². The Morgan fingerprint density at radius 1 is 1.09 bits per heavy atom. The van der Waals surface area contributed by atoms with Crippen molar-refractivity contribution in [2.45, 2.75) is 20.3 Å². The normalized spacial score (nSPS) is 9.83.